The Labute approximate surface area is 315 Å². The highest BCUT2D eigenvalue weighted by atomic mass is 35.5. The fourth-order valence-electron chi connectivity index (χ4n) is 8.36. The van der Waals surface area contributed by atoms with Crippen LogP contribution < -0.4 is 10.2 Å². The molecule has 0 aliphatic carbocycles. The minimum absolute atomic E-state index is 0.0917. The molecule has 10 nitrogen and oxygen atoms in total. The number of allylic oxidation sites excluding steroid dienone is 1. The molecule has 0 aromatic heterocycles. The van der Waals surface area contributed by atoms with Crippen LogP contribution >= 0.6 is 11.6 Å². The van der Waals surface area contributed by atoms with Crippen molar-refractivity contribution in [3.8, 4) is 0 Å². The second-order valence-corrected chi connectivity index (χ2v) is 14.4. The van der Waals surface area contributed by atoms with E-state index in [0.717, 1.165) is 5.56 Å². The molecule has 3 saturated heterocycles. The number of amides is 3. The number of aliphatic hydroxyl groups is 1. The lowest BCUT2D eigenvalue weighted by Gasteiger charge is -2.39. The van der Waals surface area contributed by atoms with Crippen molar-refractivity contribution in [2.75, 3.05) is 18.1 Å². The number of carbonyl (C=O) groups is 4. The van der Waals surface area contributed by atoms with Crippen LogP contribution in [-0.2, 0) is 35.1 Å². The number of anilines is 1. The van der Waals surface area contributed by atoms with Gasteiger partial charge in [0.2, 0.25) is 11.8 Å². The predicted molar refractivity (Wildman–Crippen MR) is 202 cm³/mol. The van der Waals surface area contributed by atoms with E-state index in [0.29, 0.717) is 35.5 Å². The summed E-state index contributed by atoms with van der Waals surface area (Å²) in [5, 5.41) is 14.2. The zero-order valence-corrected chi connectivity index (χ0v) is 30.6. The van der Waals surface area contributed by atoms with Crippen molar-refractivity contribution in [3.05, 3.63) is 126 Å². The molecule has 3 aromatic rings. The van der Waals surface area contributed by atoms with Gasteiger partial charge < -0.3 is 29.7 Å². The van der Waals surface area contributed by atoms with Gasteiger partial charge in [-0.15, -0.1) is 13.2 Å². The third-order valence-electron chi connectivity index (χ3n) is 10.7. The minimum atomic E-state index is -1.37. The lowest BCUT2D eigenvalue weighted by Crippen LogP contribution is -2.59. The molecule has 11 heteroatoms. The Morgan fingerprint density at radius 3 is 2.40 bits per heavy atom. The standard InChI is InChI=1S/C42H46ClN3O7/c1-4-6-21-34(48)44-27(3)37(29-17-11-8-12-18-29)52-41(51)35-33-22-23-42(53-33)36(35)39(49)46(30(26-47)25-28-15-9-7-10-16-28)38(42)40(50)45(24-5-2)32-20-14-13-19-31(32)43/h4-5,7-20,27,30,33,35-38,47H,1-2,6,21-26H2,3H3,(H,44,48)/t27-,30-,33-,35+,36+,37-,38-,42+/m1/s1. The van der Waals surface area contributed by atoms with E-state index in [2.05, 4.69) is 18.5 Å². The van der Waals surface area contributed by atoms with E-state index in [1.54, 1.807) is 43.3 Å². The van der Waals surface area contributed by atoms with Gasteiger partial charge in [-0.3, -0.25) is 19.2 Å². The second-order valence-electron chi connectivity index (χ2n) is 14.0. The number of likely N-dealkylation sites (tertiary alicyclic amines) is 1. The van der Waals surface area contributed by atoms with E-state index in [1.807, 2.05) is 60.7 Å². The third kappa shape index (κ3) is 7.40. The molecule has 3 aromatic carbocycles. The Kier molecular flexibility index (Phi) is 11.8. The molecule has 2 N–H and O–H groups in total. The number of carbonyl (C=O) groups excluding carboxylic acids is 4. The molecule has 6 rings (SSSR count). The van der Waals surface area contributed by atoms with Crippen LogP contribution in [0.5, 0.6) is 0 Å². The maximum Gasteiger partial charge on any atom is 0.313 e. The number of rotatable bonds is 16. The smallest absolute Gasteiger partial charge is 0.313 e. The van der Waals surface area contributed by atoms with Crippen molar-refractivity contribution >= 4 is 41.0 Å². The SMILES string of the molecule is C=CCCC(=O)N[C@H](C)[C@@H](OC(=O)[C@@H]1[C@H]2C(=O)N([C@@H](CO)Cc3ccccc3)[C@H](C(=O)N(CC=C)c3ccccc3Cl)[C@]23CC[C@H]1O3)c1ccccc1. The van der Waals surface area contributed by atoms with Gasteiger partial charge in [-0.1, -0.05) is 96.5 Å². The summed E-state index contributed by atoms with van der Waals surface area (Å²) < 4.78 is 13.0. The van der Waals surface area contributed by atoms with E-state index < -0.39 is 72.2 Å². The Hall–Kier alpha value is -4.77. The molecule has 0 unspecified atom stereocenters. The van der Waals surface area contributed by atoms with Crippen molar-refractivity contribution in [2.45, 2.75) is 75.0 Å². The van der Waals surface area contributed by atoms with Gasteiger partial charge in [-0.05, 0) is 55.9 Å². The summed E-state index contributed by atoms with van der Waals surface area (Å²) in [6, 6.07) is 22.9. The van der Waals surface area contributed by atoms with E-state index >= 15 is 4.79 Å². The average molecular weight is 740 g/mol. The van der Waals surface area contributed by atoms with Crippen LogP contribution in [0.1, 0.15) is 49.8 Å². The van der Waals surface area contributed by atoms with Gasteiger partial charge in [-0.25, -0.2) is 0 Å². The number of para-hydroxylation sites is 1. The molecule has 0 radical (unpaired) electrons. The molecule has 8 atom stereocenters. The van der Waals surface area contributed by atoms with Crippen molar-refractivity contribution in [1.29, 1.82) is 0 Å². The molecule has 3 fully saturated rings. The van der Waals surface area contributed by atoms with E-state index in [4.69, 9.17) is 21.1 Å². The number of halogens is 1. The molecule has 0 saturated carbocycles. The Balaban J connectivity index is 1.38. The first-order chi connectivity index (χ1) is 25.6. The normalized spacial score (nSPS) is 24.5. The number of fused-ring (bicyclic) bond motifs is 1. The zero-order chi connectivity index (χ0) is 37.7. The van der Waals surface area contributed by atoms with E-state index in [1.165, 1.54) is 9.80 Å². The van der Waals surface area contributed by atoms with E-state index in [9.17, 15) is 19.5 Å². The second kappa shape index (κ2) is 16.5. The Morgan fingerprint density at radius 2 is 1.74 bits per heavy atom. The summed E-state index contributed by atoms with van der Waals surface area (Å²) >= 11 is 6.63. The summed E-state index contributed by atoms with van der Waals surface area (Å²) in [6.07, 6.45) is 3.45. The maximum atomic E-state index is 15.0. The van der Waals surface area contributed by atoms with Gasteiger partial charge in [0.15, 0.2) is 0 Å². The van der Waals surface area contributed by atoms with Crippen LogP contribution in [0.2, 0.25) is 5.02 Å². The quantitative estimate of drug-likeness (QED) is 0.145. The van der Waals surface area contributed by atoms with Gasteiger partial charge in [0.25, 0.3) is 5.91 Å². The first-order valence-corrected chi connectivity index (χ1v) is 18.5. The summed E-state index contributed by atoms with van der Waals surface area (Å²) in [5.74, 6) is -3.86. The first-order valence-electron chi connectivity index (χ1n) is 18.1. The summed E-state index contributed by atoms with van der Waals surface area (Å²) in [6.45, 7) is 8.99. The van der Waals surface area contributed by atoms with Gasteiger partial charge in [-0.2, -0.15) is 0 Å². The highest BCUT2D eigenvalue weighted by Crippen LogP contribution is 2.59. The van der Waals surface area contributed by atoms with Crippen molar-refractivity contribution in [1.82, 2.24) is 10.2 Å². The number of hydrogen-bond donors (Lipinski definition) is 2. The topological polar surface area (TPSA) is 125 Å². The maximum absolute atomic E-state index is 15.0. The van der Waals surface area contributed by atoms with Gasteiger partial charge in [0.05, 0.1) is 47.3 Å². The van der Waals surface area contributed by atoms with Crippen LogP contribution in [-0.4, -0.2) is 76.7 Å². The lowest BCUT2D eigenvalue weighted by atomic mass is 9.70. The highest BCUT2D eigenvalue weighted by molar-refractivity contribution is 6.34. The molecule has 3 amide bonds. The number of nitrogens with one attached hydrogen (secondary N) is 1. The fraction of sp³-hybridized carbons (Fsp3) is 0.381. The Morgan fingerprint density at radius 1 is 1.06 bits per heavy atom. The van der Waals surface area contributed by atoms with Crippen molar-refractivity contribution in [3.63, 3.8) is 0 Å². The molecular formula is C42H46ClN3O7. The number of benzene rings is 3. The van der Waals surface area contributed by atoms with Gasteiger partial charge in [0, 0.05) is 13.0 Å². The molecule has 3 heterocycles. The summed E-state index contributed by atoms with van der Waals surface area (Å²) in [5.41, 5.74) is 0.602. The number of esters is 1. The molecular weight excluding hydrogens is 694 g/mol. The van der Waals surface area contributed by atoms with Crippen LogP contribution in [0.4, 0.5) is 5.69 Å². The summed E-state index contributed by atoms with van der Waals surface area (Å²) in [7, 11) is 0. The number of ether oxygens (including phenoxy) is 2. The molecule has 3 aliphatic heterocycles. The van der Waals surface area contributed by atoms with Gasteiger partial charge >= 0.3 is 5.97 Å². The molecule has 3 aliphatic rings. The van der Waals surface area contributed by atoms with Crippen LogP contribution in [0.3, 0.4) is 0 Å². The first kappa shape index (κ1) is 38.0. The van der Waals surface area contributed by atoms with Crippen molar-refractivity contribution in [2.24, 2.45) is 11.8 Å². The lowest BCUT2D eigenvalue weighted by molar-refractivity contribution is -0.162. The largest absolute Gasteiger partial charge is 0.455 e. The summed E-state index contributed by atoms with van der Waals surface area (Å²) in [4.78, 5) is 60.2. The third-order valence-corrected chi connectivity index (χ3v) is 11.0. The molecule has 1 spiro atoms. The van der Waals surface area contributed by atoms with Crippen LogP contribution in [0.15, 0.2) is 110 Å². The Bertz CT molecular complexity index is 1820. The fourth-order valence-corrected chi connectivity index (χ4v) is 8.60. The van der Waals surface area contributed by atoms with Crippen LogP contribution in [0.25, 0.3) is 0 Å². The average Bonchev–Trinajstić information content (AvgIpc) is 3.82. The minimum Gasteiger partial charge on any atom is -0.455 e. The number of nitrogens with zero attached hydrogens (tertiary/aromatic N) is 2. The highest BCUT2D eigenvalue weighted by Gasteiger charge is 2.75. The zero-order valence-electron chi connectivity index (χ0n) is 29.8. The number of hydrogen-bond acceptors (Lipinski definition) is 7. The van der Waals surface area contributed by atoms with Crippen LogP contribution in [0, 0.1) is 11.8 Å². The molecule has 278 valence electrons. The van der Waals surface area contributed by atoms with E-state index in [-0.39, 0.29) is 25.3 Å². The molecule has 2 bridgehead atoms. The molecule has 53 heavy (non-hydrogen) atoms. The predicted octanol–water partition coefficient (Wildman–Crippen LogP) is 5.59. The monoisotopic (exact) mass is 739 g/mol. The van der Waals surface area contributed by atoms with Gasteiger partial charge in [0.1, 0.15) is 17.7 Å². The number of aliphatic hydroxyl groups excluding tert-OH is 1. The van der Waals surface area contributed by atoms with Crippen molar-refractivity contribution < 1.29 is 33.8 Å².